The number of nitrogens with zero attached hydrogens (tertiary/aromatic N) is 2. The zero-order valence-corrected chi connectivity index (χ0v) is 33.8. The second kappa shape index (κ2) is 15.3. The largest absolute Gasteiger partial charge is 0.361 e. The maximum absolute atomic E-state index is 2.79. The summed E-state index contributed by atoms with van der Waals surface area (Å²) in [6, 6.07) is 31.0. The summed E-state index contributed by atoms with van der Waals surface area (Å²) in [5.74, 6) is 0.741. The number of para-hydroxylation sites is 2. The third-order valence-electron chi connectivity index (χ3n) is 14.1. The van der Waals surface area contributed by atoms with Gasteiger partial charge in [-0.2, -0.15) is 0 Å². The molecular formula is C56H54N2. The quantitative estimate of drug-likeness (QED) is 0.150. The van der Waals surface area contributed by atoms with Crippen molar-refractivity contribution in [1.82, 2.24) is 4.57 Å². The molecule has 0 saturated heterocycles. The fraction of sp³-hybridized carbons (Fsp3) is 0.286. The first-order valence-electron chi connectivity index (χ1n) is 22.3. The number of hydrogen-bond acceptors (Lipinski definition) is 1. The van der Waals surface area contributed by atoms with E-state index in [1.165, 1.54) is 105 Å². The fourth-order valence-electron chi connectivity index (χ4n) is 11.3. The molecule has 11 rings (SSSR count). The summed E-state index contributed by atoms with van der Waals surface area (Å²) in [6.07, 6.45) is 44.2. The van der Waals surface area contributed by atoms with Gasteiger partial charge in [0, 0.05) is 33.9 Å². The van der Waals surface area contributed by atoms with Crippen molar-refractivity contribution in [1.29, 1.82) is 0 Å². The van der Waals surface area contributed by atoms with Crippen LogP contribution in [0.2, 0.25) is 0 Å². The van der Waals surface area contributed by atoms with E-state index in [-0.39, 0.29) is 0 Å². The van der Waals surface area contributed by atoms with Gasteiger partial charge >= 0.3 is 0 Å². The summed E-state index contributed by atoms with van der Waals surface area (Å²) in [5, 5.41) is 1.35. The highest BCUT2D eigenvalue weighted by atomic mass is 15.2. The van der Waals surface area contributed by atoms with E-state index >= 15 is 0 Å². The van der Waals surface area contributed by atoms with Gasteiger partial charge in [-0.15, -0.1) is 0 Å². The highest BCUT2D eigenvalue weighted by Gasteiger charge is 2.30. The lowest BCUT2D eigenvalue weighted by Crippen LogP contribution is -2.44. The Bertz CT molecular complexity index is 2610. The molecule has 0 N–H and O–H groups in total. The lowest BCUT2D eigenvalue weighted by molar-refractivity contribution is 0.457. The van der Waals surface area contributed by atoms with Gasteiger partial charge in [-0.3, -0.25) is 0 Å². The summed E-state index contributed by atoms with van der Waals surface area (Å²) in [7, 11) is 0. The first kappa shape index (κ1) is 35.6. The predicted octanol–water partition coefficient (Wildman–Crippen LogP) is 14.2. The van der Waals surface area contributed by atoms with Crippen molar-refractivity contribution in [3.8, 4) is 16.8 Å². The van der Waals surface area contributed by atoms with Gasteiger partial charge in [-0.1, -0.05) is 127 Å². The number of fused-ring (bicyclic) bond motifs is 6. The summed E-state index contributed by atoms with van der Waals surface area (Å²) < 4.78 is 2.55. The Labute approximate surface area is 345 Å². The first-order chi connectivity index (χ1) is 28.8. The van der Waals surface area contributed by atoms with Crippen LogP contribution < -0.4 is 4.90 Å². The van der Waals surface area contributed by atoms with Crippen LogP contribution in [0.3, 0.4) is 0 Å². The van der Waals surface area contributed by atoms with Gasteiger partial charge in [0.25, 0.3) is 0 Å². The Kier molecular flexibility index (Phi) is 9.37. The average molecular weight is 755 g/mol. The zero-order valence-electron chi connectivity index (χ0n) is 33.8. The second-order valence-corrected chi connectivity index (χ2v) is 17.4. The average Bonchev–Trinajstić information content (AvgIpc) is 3.64. The van der Waals surface area contributed by atoms with E-state index in [0.29, 0.717) is 12.1 Å². The maximum atomic E-state index is 2.79. The number of anilines is 1. The maximum Gasteiger partial charge on any atom is 0.0537 e. The molecule has 288 valence electrons. The highest BCUT2D eigenvalue weighted by molar-refractivity contribution is 5.94. The predicted molar refractivity (Wildman–Crippen MR) is 247 cm³/mol. The van der Waals surface area contributed by atoms with Crippen LogP contribution in [-0.2, 0) is 19.3 Å². The van der Waals surface area contributed by atoms with Crippen molar-refractivity contribution in [2.45, 2.75) is 95.6 Å². The van der Waals surface area contributed by atoms with E-state index in [4.69, 9.17) is 0 Å². The zero-order chi connectivity index (χ0) is 38.4. The summed E-state index contributed by atoms with van der Waals surface area (Å²) in [6.45, 7) is 0. The van der Waals surface area contributed by atoms with Crippen LogP contribution in [0, 0.1) is 5.92 Å². The van der Waals surface area contributed by atoms with Gasteiger partial charge in [0.1, 0.15) is 0 Å². The molecule has 0 spiro atoms. The van der Waals surface area contributed by atoms with Gasteiger partial charge in [0.2, 0.25) is 0 Å². The smallest absolute Gasteiger partial charge is 0.0537 e. The van der Waals surface area contributed by atoms with Crippen LogP contribution >= 0.6 is 0 Å². The van der Waals surface area contributed by atoms with Crippen molar-refractivity contribution >= 4 is 40.4 Å². The Hall–Kier alpha value is -5.60. The number of aryl methyl sites for hydroxylation is 1. The van der Waals surface area contributed by atoms with Gasteiger partial charge in [-0.05, 0) is 159 Å². The number of rotatable bonds is 7. The van der Waals surface area contributed by atoms with Crippen LogP contribution in [-0.4, -0.2) is 16.7 Å². The standard InChI is InChI=1S/C56H54N2/c1-2-14-39(15-3-1)40-26-32-44(33-27-40)57(46-36-30-42(31-37-46)53-38-43-16-4-5-17-47(43)49-19-6-7-20-50(49)53)45-34-28-41(29-35-45)48-18-8-11-23-54(48)58-55-24-12-9-21-51(55)52-22-10-13-25-56(52)58/h1-2,5,7-12,17-18,20-24,26,28-31,34,36-39,44-45H,3-4,6,13-16,19,25,27,32-33,35H2. The lowest BCUT2D eigenvalue weighted by Gasteiger charge is -2.42. The number of benzene rings is 4. The van der Waals surface area contributed by atoms with Crippen LogP contribution in [0.1, 0.15) is 103 Å². The molecule has 1 heterocycles. The van der Waals surface area contributed by atoms with E-state index in [9.17, 15) is 0 Å². The molecule has 4 aromatic carbocycles. The molecule has 1 aromatic heterocycles. The lowest BCUT2D eigenvalue weighted by atomic mass is 9.80. The molecule has 6 aliphatic rings. The van der Waals surface area contributed by atoms with Crippen LogP contribution in [0.4, 0.5) is 5.69 Å². The summed E-state index contributed by atoms with van der Waals surface area (Å²) in [4.78, 5) is 2.79. The molecule has 3 unspecified atom stereocenters. The Balaban J connectivity index is 0.931. The molecule has 0 bridgehead atoms. The SMILES string of the molecule is C1=Cc2c(cc(-c3ccc(N(C4C=CC(c5ccccc5-n5c6c(c7ccccc75)C=CCC6)=CC4)C4CC=C(C5CC=CCC5)CC4)cc3)c3c2CCC=C3)CC1. The Morgan fingerprint density at radius 1 is 0.586 bits per heavy atom. The number of aromatic nitrogens is 1. The minimum atomic E-state index is 0.302. The van der Waals surface area contributed by atoms with Gasteiger partial charge < -0.3 is 9.47 Å². The normalized spacial score (nSPS) is 22.0. The molecule has 58 heavy (non-hydrogen) atoms. The summed E-state index contributed by atoms with van der Waals surface area (Å²) in [5.41, 5.74) is 19.9. The monoisotopic (exact) mass is 754 g/mol. The molecule has 2 nitrogen and oxygen atoms in total. The number of hydrogen-bond donors (Lipinski definition) is 0. The molecule has 6 aliphatic carbocycles. The molecule has 2 heteroatoms. The second-order valence-electron chi connectivity index (χ2n) is 17.4. The van der Waals surface area contributed by atoms with E-state index < -0.39 is 0 Å². The topological polar surface area (TPSA) is 8.17 Å². The molecule has 3 atom stereocenters. The van der Waals surface area contributed by atoms with Crippen LogP contribution in [0.5, 0.6) is 0 Å². The third kappa shape index (κ3) is 6.33. The first-order valence-corrected chi connectivity index (χ1v) is 22.3. The molecule has 5 aromatic rings. The minimum Gasteiger partial charge on any atom is -0.361 e. The van der Waals surface area contributed by atoms with Crippen molar-refractivity contribution in [2.75, 3.05) is 4.90 Å². The van der Waals surface area contributed by atoms with Gasteiger partial charge in [0.05, 0.1) is 17.2 Å². The Morgan fingerprint density at radius 2 is 1.40 bits per heavy atom. The molecular weight excluding hydrogens is 701 g/mol. The van der Waals surface area contributed by atoms with Gasteiger partial charge in [-0.25, -0.2) is 0 Å². The molecule has 0 aliphatic heterocycles. The number of allylic oxidation sites excluding steroid dienone is 8. The van der Waals surface area contributed by atoms with Crippen molar-refractivity contribution in [2.24, 2.45) is 5.92 Å². The molecule has 0 fully saturated rings. The highest BCUT2D eigenvalue weighted by Crippen LogP contribution is 2.42. The summed E-state index contributed by atoms with van der Waals surface area (Å²) >= 11 is 0. The fourth-order valence-corrected chi connectivity index (χ4v) is 11.3. The van der Waals surface area contributed by atoms with Crippen molar-refractivity contribution < 1.29 is 0 Å². The van der Waals surface area contributed by atoms with Crippen molar-refractivity contribution in [3.05, 3.63) is 178 Å². The van der Waals surface area contributed by atoms with Crippen molar-refractivity contribution in [3.63, 3.8) is 0 Å². The molecule has 0 amide bonds. The molecule has 0 radical (unpaired) electrons. The van der Waals surface area contributed by atoms with E-state index in [2.05, 4.69) is 161 Å². The van der Waals surface area contributed by atoms with Crippen LogP contribution in [0.15, 0.2) is 139 Å². The van der Waals surface area contributed by atoms with Gasteiger partial charge in [0.15, 0.2) is 0 Å². The van der Waals surface area contributed by atoms with E-state index in [1.54, 1.807) is 11.1 Å². The van der Waals surface area contributed by atoms with E-state index in [1.807, 2.05) is 0 Å². The third-order valence-corrected chi connectivity index (χ3v) is 14.1. The van der Waals surface area contributed by atoms with Crippen LogP contribution in [0.25, 0.3) is 51.5 Å². The minimum absolute atomic E-state index is 0.302. The Morgan fingerprint density at radius 3 is 2.22 bits per heavy atom. The van der Waals surface area contributed by atoms with E-state index in [0.717, 1.165) is 57.3 Å². The molecule has 0 saturated carbocycles.